The van der Waals surface area contributed by atoms with Crippen molar-refractivity contribution in [3.63, 3.8) is 0 Å². The summed E-state index contributed by atoms with van der Waals surface area (Å²) in [5, 5.41) is 0. The average Bonchev–Trinajstić information content (AvgIpc) is 3.30. The fourth-order valence-corrected chi connectivity index (χ4v) is 4.62. The first-order valence-electron chi connectivity index (χ1n) is 9.80. The molecule has 27 heavy (non-hydrogen) atoms. The number of aromatic nitrogens is 1. The highest BCUT2D eigenvalue weighted by atomic mass is 16.2. The highest BCUT2D eigenvalue weighted by Crippen LogP contribution is 2.39. The second-order valence-electron chi connectivity index (χ2n) is 8.12. The molecule has 1 amide bonds. The summed E-state index contributed by atoms with van der Waals surface area (Å²) in [5.74, 6) is -0.0321. The molecule has 0 radical (unpaired) electrons. The largest absolute Gasteiger partial charge is 0.348 e. The molecule has 1 atom stereocenters. The van der Waals surface area contributed by atoms with Gasteiger partial charge >= 0.3 is 0 Å². The summed E-state index contributed by atoms with van der Waals surface area (Å²) in [5.41, 5.74) is 2.58. The van der Waals surface area contributed by atoms with Crippen molar-refractivity contribution >= 4 is 11.7 Å². The Balaban J connectivity index is 1.41. The number of nitrogens with zero attached hydrogens (tertiary/aromatic N) is 2. The number of rotatable bonds is 4. The molecule has 2 saturated heterocycles. The summed E-state index contributed by atoms with van der Waals surface area (Å²) in [4.78, 5) is 31.8. The van der Waals surface area contributed by atoms with Crippen molar-refractivity contribution < 1.29 is 9.59 Å². The third-order valence-corrected chi connectivity index (χ3v) is 6.01. The Morgan fingerprint density at radius 1 is 1.00 bits per heavy atom. The maximum absolute atomic E-state index is 12.9. The van der Waals surface area contributed by atoms with E-state index in [9.17, 15) is 9.59 Å². The van der Waals surface area contributed by atoms with Crippen molar-refractivity contribution in [1.29, 1.82) is 0 Å². The standard InChI is InChI=1S/C22H27N3O2/c1-17(26)19-8-9-20(23-19)21(27)25-13-11-22(16-25)10-5-12-24(15-22)14-18-6-3-2-4-7-18/h2-4,6-9,23H,5,10-16H2,1H3. The van der Waals surface area contributed by atoms with Gasteiger partial charge in [0.2, 0.25) is 0 Å². The highest BCUT2D eigenvalue weighted by Gasteiger charge is 2.43. The van der Waals surface area contributed by atoms with E-state index in [2.05, 4.69) is 40.2 Å². The number of amides is 1. The van der Waals surface area contributed by atoms with E-state index in [1.165, 1.54) is 25.3 Å². The maximum Gasteiger partial charge on any atom is 0.270 e. The molecule has 2 aliphatic heterocycles. The number of piperidine rings is 1. The van der Waals surface area contributed by atoms with Gasteiger partial charge in [-0.25, -0.2) is 0 Å². The lowest BCUT2D eigenvalue weighted by Gasteiger charge is -2.40. The first-order valence-corrected chi connectivity index (χ1v) is 9.80. The smallest absolute Gasteiger partial charge is 0.270 e. The van der Waals surface area contributed by atoms with Crippen LogP contribution in [0.25, 0.3) is 0 Å². The second kappa shape index (κ2) is 7.31. The van der Waals surface area contributed by atoms with Gasteiger partial charge in [-0.2, -0.15) is 0 Å². The molecule has 2 aromatic rings. The van der Waals surface area contributed by atoms with Crippen molar-refractivity contribution in [2.24, 2.45) is 5.41 Å². The van der Waals surface area contributed by atoms with E-state index >= 15 is 0 Å². The van der Waals surface area contributed by atoms with Crippen LogP contribution in [-0.4, -0.2) is 52.7 Å². The van der Waals surface area contributed by atoms with Crippen LogP contribution in [0.2, 0.25) is 0 Å². The second-order valence-corrected chi connectivity index (χ2v) is 8.12. The van der Waals surface area contributed by atoms with Gasteiger partial charge in [0.15, 0.2) is 5.78 Å². The van der Waals surface area contributed by atoms with Crippen LogP contribution in [0.15, 0.2) is 42.5 Å². The zero-order chi connectivity index (χ0) is 18.9. The summed E-state index contributed by atoms with van der Waals surface area (Å²) in [6.07, 6.45) is 3.43. The molecule has 1 N–H and O–H groups in total. The van der Waals surface area contributed by atoms with Gasteiger partial charge in [0, 0.05) is 38.5 Å². The predicted octanol–water partition coefficient (Wildman–Crippen LogP) is 3.35. The Labute approximate surface area is 160 Å². The van der Waals surface area contributed by atoms with Gasteiger partial charge in [-0.3, -0.25) is 14.5 Å². The molecule has 1 aromatic carbocycles. The molecule has 2 aliphatic rings. The van der Waals surface area contributed by atoms with E-state index in [1.807, 2.05) is 4.90 Å². The lowest BCUT2D eigenvalue weighted by atomic mass is 9.79. The molecule has 2 fully saturated rings. The number of nitrogens with one attached hydrogen (secondary N) is 1. The number of benzene rings is 1. The summed E-state index contributed by atoms with van der Waals surface area (Å²) in [7, 11) is 0. The minimum absolute atomic E-state index is 0.0135. The maximum atomic E-state index is 12.9. The average molecular weight is 365 g/mol. The number of H-pyrrole nitrogens is 1. The van der Waals surface area contributed by atoms with Gasteiger partial charge in [0.25, 0.3) is 5.91 Å². The quantitative estimate of drug-likeness (QED) is 0.846. The fraction of sp³-hybridized carbons (Fsp3) is 0.455. The van der Waals surface area contributed by atoms with Crippen molar-refractivity contribution in [3.05, 3.63) is 59.4 Å². The van der Waals surface area contributed by atoms with Gasteiger partial charge < -0.3 is 9.88 Å². The molecular formula is C22H27N3O2. The minimum atomic E-state index is -0.0456. The number of aromatic amines is 1. The van der Waals surface area contributed by atoms with E-state index in [-0.39, 0.29) is 17.1 Å². The van der Waals surface area contributed by atoms with Crippen LogP contribution in [0.1, 0.15) is 52.7 Å². The minimum Gasteiger partial charge on any atom is -0.348 e. The normalized spacial score (nSPS) is 23.1. The Morgan fingerprint density at radius 2 is 1.78 bits per heavy atom. The Hall–Kier alpha value is -2.40. The number of likely N-dealkylation sites (tertiary alicyclic amines) is 2. The molecule has 142 valence electrons. The fourth-order valence-electron chi connectivity index (χ4n) is 4.62. The number of carbonyl (C=O) groups is 2. The lowest BCUT2D eigenvalue weighted by Crippen LogP contribution is -2.45. The Bertz CT molecular complexity index is 829. The third-order valence-electron chi connectivity index (χ3n) is 6.01. The summed E-state index contributed by atoms with van der Waals surface area (Å²) in [6.45, 7) is 6.28. The molecule has 1 unspecified atom stereocenters. The molecule has 5 nitrogen and oxygen atoms in total. The summed E-state index contributed by atoms with van der Waals surface area (Å²) in [6, 6.07) is 14.0. The van der Waals surface area contributed by atoms with Crippen LogP contribution < -0.4 is 0 Å². The lowest BCUT2D eigenvalue weighted by molar-refractivity contribution is 0.0671. The SMILES string of the molecule is CC(=O)c1ccc(C(=O)N2CCC3(CCCN(Cc4ccccc4)C3)C2)[nH]1. The van der Waals surface area contributed by atoms with Crippen molar-refractivity contribution in [2.75, 3.05) is 26.2 Å². The zero-order valence-corrected chi connectivity index (χ0v) is 15.9. The number of hydrogen-bond acceptors (Lipinski definition) is 3. The van der Waals surface area contributed by atoms with Crippen LogP contribution >= 0.6 is 0 Å². The van der Waals surface area contributed by atoms with Gasteiger partial charge in [-0.1, -0.05) is 30.3 Å². The summed E-state index contributed by atoms with van der Waals surface area (Å²) < 4.78 is 0. The van der Waals surface area contributed by atoms with Gasteiger partial charge in [0.1, 0.15) is 5.69 Å². The Morgan fingerprint density at radius 3 is 2.52 bits per heavy atom. The number of carbonyl (C=O) groups excluding carboxylic acids is 2. The highest BCUT2D eigenvalue weighted by molar-refractivity contribution is 5.97. The molecule has 3 heterocycles. The molecule has 0 aliphatic carbocycles. The van der Waals surface area contributed by atoms with Crippen LogP contribution in [0.4, 0.5) is 0 Å². The van der Waals surface area contributed by atoms with Gasteiger partial charge in [0.05, 0.1) is 5.69 Å². The number of Topliss-reactive ketones (excluding diaryl/α,β-unsaturated/α-hetero) is 1. The molecule has 5 heteroatoms. The van der Waals surface area contributed by atoms with Crippen molar-refractivity contribution in [3.8, 4) is 0 Å². The van der Waals surface area contributed by atoms with E-state index in [0.29, 0.717) is 11.4 Å². The van der Waals surface area contributed by atoms with Crippen LogP contribution in [0, 0.1) is 5.41 Å². The summed E-state index contributed by atoms with van der Waals surface area (Å²) >= 11 is 0. The van der Waals surface area contributed by atoms with Gasteiger partial charge in [-0.15, -0.1) is 0 Å². The van der Waals surface area contributed by atoms with Crippen molar-refractivity contribution in [2.45, 2.75) is 32.7 Å². The first kappa shape index (κ1) is 18.0. The van der Waals surface area contributed by atoms with E-state index in [1.54, 1.807) is 12.1 Å². The predicted molar refractivity (Wildman–Crippen MR) is 105 cm³/mol. The first-order chi connectivity index (χ1) is 13.0. The molecule has 1 spiro atoms. The van der Waals surface area contributed by atoms with Crippen LogP contribution in [0.3, 0.4) is 0 Å². The molecule has 0 bridgehead atoms. The zero-order valence-electron chi connectivity index (χ0n) is 15.9. The van der Waals surface area contributed by atoms with Gasteiger partial charge in [-0.05, 0) is 43.5 Å². The molecule has 1 aromatic heterocycles. The van der Waals surface area contributed by atoms with E-state index in [4.69, 9.17) is 0 Å². The monoisotopic (exact) mass is 365 g/mol. The third kappa shape index (κ3) is 3.83. The van der Waals surface area contributed by atoms with Crippen LogP contribution in [0.5, 0.6) is 0 Å². The van der Waals surface area contributed by atoms with E-state index < -0.39 is 0 Å². The molecular weight excluding hydrogens is 338 g/mol. The topological polar surface area (TPSA) is 56.4 Å². The van der Waals surface area contributed by atoms with Crippen LogP contribution in [-0.2, 0) is 6.54 Å². The number of hydrogen-bond donors (Lipinski definition) is 1. The Kier molecular flexibility index (Phi) is 4.87. The molecule has 4 rings (SSSR count). The molecule has 0 saturated carbocycles. The number of ketones is 1. The van der Waals surface area contributed by atoms with E-state index in [0.717, 1.165) is 39.1 Å². The van der Waals surface area contributed by atoms with Crippen molar-refractivity contribution in [1.82, 2.24) is 14.8 Å².